The van der Waals surface area contributed by atoms with Crippen LogP contribution in [0, 0.1) is 20.8 Å². The number of hydrogen-bond acceptors (Lipinski definition) is 0. The van der Waals surface area contributed by atoms with Crippen LogP contribution in [0.5, 0.6) is 0 Å². The summed E-state index contributed by atoms with van der Waals surface area (Å²) in [6.07, 6.45) is 9.49. The van der Waals surface area contributed by atoms with Crippen molar-refractivity contribution in [1.82, 2.24) is 0 Å². The molecule has 15 rings (SSSR count). The van der Waals surface area contributed by atoms with Gasteiger partial charge in [-0.05, 0) is 176 Å². The highest BCUT2D eigenvalue weighted by Gasteiger charge is 2.44. The van der Waals surface area contributed by atoms with Crippen LogP contribution < -0.4 is 0 Å². The van der Waals surface area contributed by atoms with Crippen LogP contribution in [0.2, 0.25) is 0 Å². The molecular formula is C67H62. The van der Waals surface area contributed by atoms with Crippen LogP contribution in [-0.2, 0) is 10.8 Å². The number of allylic oxidation sites excluding steroid dienone is 1. The van der Waals surface area contributed by atoms with Gasteiger partial charge >= 0.3 is 0 Å². The lowest BCUT2D eigenvalue weighted by Crippen LogP contribution is -2.23. The monoisotopic (exact) mass is 866 g/mol. The second-order valence-electron chi connectivity index (χ2n) is 21.7. The zero-order chi connectivity index (χ0) is 45.8. The average Bonchev–Trinajstić information content (AvgIpc) is 3.89. The molecule has 1 unspecified atom stereocenters. The fourth-order valence-electron chi connectivity index (χ4n) is 13.1. The molecule has 0 aromatic heterocycles. The Labute approximate surface area is 399 Å². The first-order valence-corrected chi connectivity index (χ1v) is 25.1. The highest BCUT2D eigenvalue weighted by molar-refractivity contribution is 5.94. The third-order valence-corrected chi connectivity index (χ3v) is 16.8. The van der Waals surface area contributed by atoms with E-state index in [1.54, 1.807) is 33.4 Å². The molecule has 8 aromatic carbocycles. The van der Waals surface area contributed by atoms with E-state index in [-0.39, 0.29) is 10.8 Å². The van der Waals surface area contributed by atoms with Crippen LogP contribution in [0.1, 0.15) is 139 Å². The van der Waals surface area contributed by atoms with Crippen molar-refractivity contribution < 1.29 is 0 Å². The van der Waals surface area contributed by atoms with E-state index in [0.717, 1.165) is 17.8 Å². The molecule has 7 aliphatic carbocycles. The number of fused-ring (bicyclic) bond motifs is 11. The first-order chi connectivity index (χ1) is 32.5. The van der Waals surface area contributed by atoms with Gasteiger partial charge in [0.2, 0.25) is 0 Å². The summed E-state index contributed by atoms with van der Waals surface area (Å²) in [5, 5.41) is 0. The van der Waals surface area contributed by atoms with Gasteiger partial charge in [-0.1, -0.05) is 208 Å². The molecular weight excluding hydrogens is 805 g/mol. The van der Waals surface area contributed by atoms with Gasteiger partial charge in [0.25, 0.3) is 0 Å². The summed E-state index contributed by atoms with van der Waals surface area (Å²) in [5.74, 6) is 2.41. The molecule has 0 saturated heterocycles. The number of hydrogen-bond donors (Lipinski definition) is 0. The molecule has 2 fully saturated rings. The lowest BCUT2D eigenvalue weighted by atomic mass is 9.64. The van der Waals surface area contributed by atoms with Crippen molar-refractivity contribution in [2.75, 3.05) is 0 Å². The normalized spacial score (nSPS) is 19.4. The molecule has 8 aromatic rings. The van der Waals surface area contributed by atoms with Crippen molar-refractivity contribution in [3.63, 3.8) is 0 Å². The Morgan fingerprint density at radius 2 is 1.00 bits per heavy atom. The minimum Gasteiger partial charge on any atom is -0.0622 e. The Morgan fingerprint density at radius 3 is 1.76 bits per heavy atom. The second kappa shape index (κ2) is 15.8. The van der Waals surface area contributed by atoms with Gasteiger partial charge in [0, 0.05) is 16.7 Å². The maximum Gasteiger partial charge on any atom is 0.0159 e. The van der Waals surface area contributed by atoms with E-state index in [1.165, 1.54) is 121 Å². The van der Waals surface area contributed by atoms with E-state index < -0.39 is 0 Å². The lowest BCUT2D eigenvalue weighted by molar-refractivity contribution is 0.359. The fourth-order valence-corrected chi connectivity index (χ4v) is 13.1. The molecule has 0 nitrogen and oxygen atoms in total. The van der Waals surface area contributed by atoms with Crippen molar-refractivity contribution in [3.8, 4) is 55.6 Å². The quantitative estimate of drug-likeness (QED) is 0.166. The molecule has 0 radical (unpaired) electrons. The molecule has 7 aliphatic rings. The number of rotatable bonds is 3. The Kier molecular flexibility index (Phi) is 9.88. The van der Waals surface area contributed by atoms with Crippen LogP contribution in [0.15, 0.2) is 169 Å². The average molecular weight is 867 g/mol. The third-order valence-electron chi connectivity index (χ3n) is 16.8. The molecule has 0 heteroatoms. The molecule has 2 saturated carbocycles. The van der Waals surface area contributed by atoms with Crippen LogP contribution in [-0.4, -0.2) is 0 Å². The van der Waals surface area contributed by atoms with Gasteiger partial charge in [0.1, 0.15) is 0 Å². The number of aryl methyl sites for hydroxylation is 3. The predicted octanol–water partition coefficient (Wildman–Crippen LogP) is 18.2. The molecule has 67 heavy (non-hydrogen) atoms. The summed E-state index contributed by atoms with van der Waals surface area (Å²) in [7, 11) is 0. The summed E-state index contributed by atoms with van der Waals surface area (Å²) in [5.41, 5.74) is 32.2. The van der Waals surface area contributed by atoms with E-state index in [2.05, 4.69) is 218 Å². The van der Waals surface area contributed by atoms with Gasteiger partial charge in [-0.25, -0.2) is 0 Å². The predicted molar refractivity (Wildman–Crippen MR) is 284 cm³/mol. The van der Waals surface area contributed by atoms with E-state index in [4.69, 9.17) is 0 Å². The Bertz CT molecular complexity index is 3290. The first-order valence-electron chi connectivity index (χ1n) is 25.1. The van der Waals surface area contributed by atoms with Gasteiger partial charge in [0.05, 0.1) is 0 Å². The summed E-state index contributed by atoms with van der Waals surface area (Å²) >= 11 is 0. The van der Waals surface area contributed by atoms with Crippen molar-refractivity contribution >= 4 is 6.08 Å². The molecule has 0 heterocycles. The van der Waals surface area contributed by atoms with Gasteiger partial charge in [-0.15, -0.1) is 0 Å². The zero-order valence-corrected chi connectivity index (χ0v) is 40.4. The van der Waals surface area contributed by atoms with E-state index in [0.29, 0.717) is 0 Å². The van der Waals surface area contributed by atoms with E-state index in [9.17, 15) is 0 Å². The zero-order valence-electron chi connectivity index (χ0n) is 40.4. The van der Waals surface area contributed by atoms with Gasteiger partial charge < -0.3 is 0 Å². The summed E-state index contributed by atoms with van der Waals surface area (Å²) in [6, 6.07) is 60.6. The highest BCUT2D eigenvalue weighted by atomic mass is 14.5. The molecule has 1 atom stereocenters. The van der Waals surface area contributed by atoms with Gasteiger partial charge in [-0.2, -0.15) is 0 Å². The first kappa shape index (κ1) is 41.9. The fraction of sp³-hybridized carbons (Fsp3) is 0.254. The van der Waals surface area contributed by atoms with Gasteiger partial charge in [0.15, 0.2) is 0 Å². The highest BCUT2D eigenvalue weighted by Crippen LogP contribution is 2.62. The largest absolute Gasteiger partial charge is 0.0622 e. The van der Waals surface area contributed by atoms with Crippen LogP contribution in [0.3, 0.4) is 0 Å². The van der Waals surface area contributed by atoms with Crippen molar-refractivity contribution in [2.45, 2.75) is 109 Å². The topological polar surface area (TPSA) is 0 Å². The minimum atomic E-state index is 0.0346. The second-order valence-corrected chi connectivity index (χ2v) is 21.7. The Balaban J connectivity index is 0.000000109. The molecule has 0 N–H and O–H groups in total. The summed E-state index contributed by atoms with van der Waals surface area (Å²) < 4.78 is 0. The van der Waals surface area contributed by atoms with Gasteiger partial charge in [-0.3, -0.25) is 0 Å². The molecule has 0 amide bonds. The summed E-state index contributed by atoms with van der Waals surface area (Å²) in [4.78, 5) is 0. The van der Waals surface area contributed by atoms with Crippen molar-refractivity contribution in [2.24, 2.45) is 0 Å². The van der Waals surface area contributed by atoms with E-state index >= 15 is 0 Å². The molecule has 2 bridgehead atoms. The Hall–Kier alpha value is -6.50. The smallest absolute Gasteiger partial charge is 0.0159 e. The lowest BCUT2D eigenvalue weighted by Gasteiger charge is -2.40. The SMILES string of the molecule is Cc1ccc(-c2c3c(cc4c2C2CC2=C4)C2CCC3CC2)cc1.Cc1ccc(-c2ccccc2)cc1-c1cccc2c1-c1ccccc1C2(C)C.Cc1ccc2c(c1)C(C)(C)c1ccccc1-2. The van der Waals surface area contributed by atoms with Crippen molar-refractivity contribution in [1.29, 1.82) is 0 Å². The Morgan fingerprint density at radius 1 is 0.403 bits per heavy atom. The standard InChI is InChI=1S/C28H24.C23H22.C16H16/c1-19-16-17-21(20-10-5-4-6-11-20)18-24(19)22-13-9-15-26-27(22)23-12-7-8-14-25(23)28(26,2)3;1-13-2-4-16(5-3-13)23-21-15-8-6-14(7-9-15)19(21)12-18-10-17-11-20(17)22(18)23;1-11-8-9-13-12-6-4-5-7-14(12)16(2,3)15(13)10-11/h4-18H,1-3H3;2-5,10,12,14-15,20H,6-9,11H2,1H3;4-10H,1-3H3. The minimum absolute atomic E-state index is 0.0346. The summed E-state index contributed by atoms with van der Waals surface area (Å²) in [6.45, 7) is 15.9. The maximum absolute atomic E-state index is 2.58. The number of benzene rings is 8. The molecule has 0 aliphatic heterocycles. The maximum atomic E-state index is 2.58. The van der Waals surface area contributed by atoms with Crippen LogP contribution in [0.25, 0.3) is 61.7 Å². The van der Waals surface area contributed by atoms with E-state index in [1.807, 2.05) is 0 Å². The third kappa shape index (κ3) is 6.85. The van der Waals surface area contributed by atoms with Crippen molar-refractivity contribution in [3.05, 3.63) is 231 Å². The van der Waals surface area contributed by atoms with Crippen LogP contribution in [0.4, 0.5) is 0 Å². The molecule has 330 valence electrons. The van der Waals surface area contributed by atoms with Crippen LogP contribution >= 0.6 is 0 Å². The molecule has 0 spiro atoms.